The summed E-state index contributed by atoms with van der Waals surface area (Å²) in [5.74, 6) is -2.18. The van der Waals surface area contributed by atoms with E-state index >= 15 is 0 Å². The molecule has 1 aromatic carbocycles. The van der Waals surface area contributed by atoms with Crippen molar-refractivity contribution in [2.24, 2.45) is 0 Å². The zero-order chi connectivity index (χ0) is 17.0. The number of aromatic carboxylic acids is 1. The molecule has 8 heteroatoms. The van der Waals surface area contributed by atoms with E-state index in [-0.39, 0.29) is 24.4 Å². The zero-order valence-electron chi connectivity index (χ0n) is 11.9. The Hall–Kier alpha value is -2.19. The Kier molecular flexibility index (Phi) is 5.51. The van der Waals surface area contributed by atoms with Gasteiger partial charge in [0.25, 0.3) is 5.91 Å². The van der Waals surface area contributed by atoms with Crippen LogP contribution in [-0.2, 0) is 9.59 Å². The van der Waals surface area contributed by atoms with Crippen molar-refractivity contribution in [3.05, 3.63) is 40.3 Å². The number of carboxylic acids is 2. The molecule has 0 atom stereocenters. The lowest BCUT2D eigenvalue weighted by molar-refractivity contribution is -0.137. The van der Waals surface area contributed by atoms with Crippen molar-refractivity contribution in [1.29, 1.82) is 0 Å². The molecule has 0 spiro atoms. The smallest absolute Gasteiger partial charge is 0.335 e. The Morgan fingerprint density at radius 3 is 2.43 bits per heavy atom. The number of carboxylic acid groups (broad SMARTS) is 2. The SMILES string of the molecule is O=C(O)CCCN1C(=O)/C(=C\c2ccc(C(=O)O)cc2)SC1=S. The molecule has 120 valence electrons. The summed E-state index contributed by atoms with van der Waals surface area (Å²) < 4.78 is 0.397. The second-order valence-corrected chi connectivity index (χ2v) is 6.43. The van der Waals surface area contributed by atoms with E-state index < -0.39 is 11.9 Å². The second kappa shape index (κ2) is 7.38. The Morgan fingerprint density at radius 1 is 1.22 bits per heavy atom. The Balaban J connectivity index is 2.08. The average molecular weight is 351 g/mol. The minimum atomic E-state index is -1.01. The van der Waals surface area contributed by atoms with Crippen molar-refractivity contribution in [3.63, 3.8) is 0 Å². The Labute approximate surface area is 141 Å². The van der Waals surface area contributed by atoms with Crippen LogP contribution in [0.3, 0.4) is 0 Å². The molecule has 0 aromatic heterocycles. The van der Waals surface area contributed by atoms with E-state index in [1.807, 2.05) is 0 Å². The molecule has 23 heavy (non-hydrogen) atoms. The highest BCUT2D eigenvalue weighted by Crippen LogP contribution is 2.32. The van der Waals surface area contributed by atoms with Crippen molar-refractivity contribution in [2.45, 2.75) is 12.8 Å². The Bertz CT molecular complexity index is 696. The van der Waals surface area contributed by atoms with E-state index in [4.69, 9.17) is 22.4 Å². The number of nitrogens with zero attached hydrogens (tertiary/aromatic N) is 1. The molecule has 1 heterocycles. The van der Waals surface area contributed by atoms with E-state index in [9.17, 15) is 14.4 Å². The summed E-state index contributed by atoms with van der Waals surface area (Å²) >= 11 is 6.30. The lowest BCUT2D eigenvalue weighted by Crippen LogP contribution is -2.29. The third kappa shape index (κ3) is 4.40. The largest absolute Gasteiger partial charge is 0.481 e. The molecule has 0 saturated carbocycles. The fourth-order valence-corrected chi connectivity index (χ4v) is 3.26. The molecule has 1 amide bonds. The van der Waals surface area contributed by atoms with Crippen molar-refractivity contribution in [1.82, 2.24) is 4.90 Å². The predicted molar refractivity (Wildman–Crippen MR) is 90.2 cm³/mol. The van der Waals surface area contributed by atoms with Crippen molar-refractivity contribution in [2.75, 3.05) is 6.54 Å². The van der Waals surface area contributed by atoms with Crippen LogP contribution >= 0.6 is 24.0 Å². The number of hydrogen-bond donors (Lipinski definition) is 2. The molecule has 0 aliphatic carbocycles. The molecule has 0 unspecified atom stereocenters. The zero-order valence-corrected chi connectivity index (χ0v) is 13.5. The summed E-state index contributed by atoms with van der Waals surface area (Å²) in [7, 11) is 0. The first-order valence-electron chi connectivity index (χ1n) is 6.69. The van der Waals surface area contributed by atoms with Gasteiger partial charge in [-0.2, -0.15) is 0 Å². The molecule has 1 aliphatic rings. The van der Waals surface area contributed by atoms with Gasteiger partial charge in [0.2, 0.25) is 0 Å². The fraction of sp³-hybridized carbons (Fsp3) is 0.200. The molecule has 1 aliphatic heterocycles. The normalized spacial score (nSPS) is 16.2. The first-order chi connectivity index (χ1) is 10.9. The molecular weight excluding hydrogens is 338 g/mol. The van der Waals surface area contributed by atoms with Crippen molar-refractivity contribution in [3.8, 4) is 0 Å². The van der Waals surface area contributed by atoms with Crippen LogP contribution in [-0.4, -0.2) is 43.8 Å². The molecule has 0 radical (unpaired) electrons. The van der Waals surface area contributed by atoms with Crippen LogP contribution in [0.4, 0.5) is 0 Å². The lowest BCUT2D eigenvalue weighted by atomic mass is 10.1. The van der Waals surface area contributed by atoms with Gasteiger partial charge in [-0.3, -0.25) is 14.5 Å². The second-order valence-electron chi connectivity index (χ2n) is 4.76. The van der Waals surface area contributed by atoms with Gasteiger partial charge < -0.3 is 10.2 Å². The number of carbonyl (C=O) groups excluding carboxylic acids is 1. The molecule has 1 fully saturated rings. The third-order valence-corrected chi connectivity index (χ3v) is 4.48. The standard InChI is InChI=1S/C15H13NO5S2/c17-12(18)2-1-7-16-13(19)11(23-15(16)22)8-9-3-5-10(6-4-9)14(20)21/h3-6,8H,1-2,7H2,(H,17,18)(H,20,21)/b11-8+. The van der Waals surface area contributed by atoms with Gasteiger partial charge in [0, 0.05) is 13.0 Å². The van der Waals surface area contributed by atoms with Crippen LogP contribution in [0.15, 0.2) is 29.2 Å². The summed E-state index contributed by atoms with van der Waals surface area (Å²) in [6.07, 6.45) is 1.96. The first kappa shape index (κ1) is 17.2. The molecule has 0 bridgehead atoms. The molecule has 1 aromatic rings. The van der Waals surface area contributed by atoms with E-state index in [0.29, 0.717) is 21.2 Å². The summed E-state index contributed by atoms with van der Waals surface area (Å²) in [5, 5.41) is 17.5. The number of carbonyl (C=O) groups is 3. The summed E-state index contributed by atoms with van der Waals surface area (Å²) in [5.41, 5.74) is 0.865. The average Bonchev–Trinajstić information content (AvgIpc) is 2.75. The minimum Gasteiger partial charge on any atom is -0.481 e. The van der Waals surface area contributed by atoms with Crippen LogP contribution in [0.2, 0.25) is 0 Å². The van der Waals surface area contributed by atoms with Crippen LogP contribution in [0.5, 0.6) is 0 Å². The number of hydrogen-bond acceptors (Lipinski definition) is 5. The summed E-state index contributed by atoms with van der Waals surface area (Å²) in [6.45, 7) is 0.270. The van der Waals surface area contributed by atoms with Crippen LogP contribution < -0.4 is 0 Å². The van der Waals surface area contributed by atoms with Gasteiger partial charge in [-0.1, -0.05) is 36.1 Å². The van der Waals surface area contributed by atoms with Gasteiger partial charge >= 0.3 is 11.9 Å². The number of thioether (sulfide) groups is 1. The monoisotopic (exact) mass is 351 g/mol. The van der Waals surface area contributed by atoms with E-state index in [0.717, 1.165) is 11.8 Å². The maximum Gasteiger partial charge on any atom is 0.335 e. The third-order valence-electron chi connectivity index (χ3n) is 3.10. The lowest BCUT2D eigenvalue weighted by Gasteiger charge is -2.13. The van der Waals surface area contributed by atoms with Gasteiger partial charge in [-0.25, -0.2) is 4.79 Å². The van der Waals surface area contributed by atoms with Gasteiger partial charge in [-0.05, 0) is 30.2 Å². The van der Waals surface area contributed by atoms with E-state index in [1.54, 1.807) is 18.2 Å². The molecular formula is C15H13NO5S2. The molecule has 6 nitrogen and oxygen atoms in total. The maximum atomic E-state index is 12.3. The number of aliphatic carboxylic acids is 1. The van der Waals surface area contributed by atoms with Gasteiger partial charge in [0.1, 0.15) is 4.32 Å². The van der Waals surface area contributed by atoms with E-state index in [1.165, 1.54) is 17.0 Å². The van der Waals surface area contributed by atoms with Gasteiger partial charge in [-0.15, -0.1) is 0 Å². The van der Waals surface area contributed by atoms with Crippen LogP contribution in [0.1, 0.15) is 28.8 Å². The van der Waals surface area contributed by atoms with Crippen molar-refractivity contribution < 1.29 is 24.6 Å². The highest BCUT2D eigenvalue weighted by molar-refractivity contribution is 8.26. The first-order valence-corrected chi connectivity index (χ1v) is 7.91. The molecule has 1 saturated heterocycles. The minimum absolute atomic E-state index is 0.0211. The van der Waals surface area contributed by atoms with E-state index in [2.05, 4.69) is 0 Å². The highest BCUT2D eigenvalue weighted by Gasteiger charge is 2.31. The maximum absolute atomic E-state index is 12.3. The molecule has 2 N–H and O–H groups in total. The quantitative estimate of drug-likeness (QED) is 0.600. The summed E-state index contributed by atoms with van der Waals surface area (Å²) in [4.78, 5) is 35.4. The summed E-state index contributed by atoms with van der Waals surface area (Å²) in [6, 6.07) is 6.14. The topological polar surface area (TPSA) is 94.9 Å². The fourth-order valence-electron chi connectivity index (χ4n) is 1.95. The van der Waals surface area contributed by atoms with Gasteiger partial charge in [0.05, 0.1) is 10.5 Å². The number of benzene rings is 1. The van der Waals surface area contributed by atoms with Crippen molar-refractivity contribution >= 4 is 52.2 Å². The van der Waals surface area contributed by atoms with Gasteiger partial charge in [0.15, 0.2) is 0 Å². The predicted octanol–water partition coefficient (Wildman–Crippen LogP) is 2.45. The highest BCUT2D eigenvalue weighted by atomic mass is 32.2. The van der Waals surface area contributed by atoms with Crippen LogP contribution in [0.25, 0.3) is 6.08 Å². The Morgan fingerprint density at radius 2 is 1.87 bits per heavy atom. The van der Waals surface area contributed by atoms with Crippen LogP contribution in [0, 0.1) is 0 Å². The molecule has 2 rings (SSSR count). The number of rotatable bonds is 6. The number of amides is 1. The number of thiocarbonyl (C=S) groups is 1.